The highest BCUT2D eigenvalue weighted by molar-refractivity contribution is 7.99. The van der Waals surface area contributed by atoms with Crippen molar-refractivity contribution in [1.82, 2.24) is 10.2 Å². The Morgan fingerprint density at radius 1 is 1.44 bits per heavy atom. The maximum Gasteiger partial charge on any atom is 0.324 e. The Morgan fingerprint density at radius 3 is 2.69 bits per heavy atom. The van der Waals surface area contributed by atoms with Gasteiger partial charge in [0.15, 0.2) is 0 Å². The van der Waals surface area contributed by atoms with Crippen LogP contribution in [0.5, 0.6) is 0 Å². The average molecular weight is 244 g/mol. The monoisotopic (exact) mass is 244 g/mol. The maximum atomic E-state index is 11.5. The fraction of sp³-hybridized carbons (Fsp3) is 0.800. The standard InChI is InChI=1S/C10H16N2O3S/c13-8-7-12(4-3-11-8)10(9(14)15)1-5-16-6-2-10/h1-7H2,(H,11,13)(H,14,15). The van der Waals surface area contributed by atoms with Crippen molar-refractivity contribution in [3.05, 3.63) is 0 Å². The van der Waals surface area contributed by atoms with Gasteiger partial charge in [-0.25, -0.2) is 0 Å². The van der Waals surface area contributed by atoms with Crippen LogP contribution in [0.25, 0.3) is 0 Å². The molecule has 2 heterocycles. The lowest BCUT2D eigenvalue weighted by Crippen LogP contribution is -2.63. The summed E-state index contributed by atoms with van der Waals surface area (Å²) in [5, 5.41) is 12.2. The van der Waals surface area contributed by atoms with Gasteiger partial charge in [0.05, 0.1) is 6.54 Å². The molecular weight excluding hydrogens is 228 g/mol. The highest BCUT2D eigenvalue weighted by atomic mass is 32.2. The Morgan fingerprint density at radius 2 is 2.12 bits per heavy atom. The van der Waals surface area contributed by atoms with E-state index >= 15 is 0 Å². The fourth-order valence-corrected chi connectivity index (χ4v) is 3.55. The molecule has 0 spiro atoms. The molecule has 2 N–H and O–H groups in total. The molecule has 0 aromatic rings. The molecule has 90 valence electrons. The molecule has 0 aliphatic carbocycles. The van der Waals surface area contributed by atoms with E-state index in [1.165, 1.54) is 0 Å². The third-order valence-corrected chi connectivity index (χ3v) is 4.35. The van der Waals surface area contributed by atoms with Gasteiger partial charge in [-0.1, -0.05) is 0 Å². The van der Waals surface area contributed by atoms with Crippen LogP contribution in [-0.2, 0) is 9.59 Å². The Bertz CT molecular complexity index is 302. The Balaban J connectivity index is 2.17. The van der Waals surface area contributed by atoms with Gasteiger partial charge in [-0.3, -0.25) is 14.5 Å². The molecule has 5 nitrogen and oxygen atoms in total. The first-order valence-corrected chi connectivity index (χ1v) is 6.63. The average Bonchev–Trinajstić information content (AvgIpc) is 2.30. The van der Waals surface area contributed by atoms with E-state index in [0.717, 1.165) is 11.5 Å². The predicted octanol–water partition coefficient (Wildman–Crippen LogP) is -0.231. The van der Waals surface area contributed by atoms with Crippen molar-refractivity contribution >= 4 is 23.6 Å². The Labute approximate surface area is 98.6 Å². The van der Waals surface area contributed by atoms with E-state index in [-0.39, 0.29) is 12.5 Å². The molecule has 2 aliphatic heterocycles. The highest BCUT2D eigenvalue weighted by Gasteiger charge is 2.46. The number of nitrogens with one attached hydrogen (secondary N) is 1. The summed E-state index contributed by atoms with van der Waals surface area (Å²) in [6.45, 7) is 1.42. The smallest absolute Gasteiger partial charge is 0.324 e. The molecule has 6 heteroatoms. The normalized spacial score (nSPS) is 26.1. The van der Waals surface area contributed by atoms with Crippen molar-refractivity contribution < 1.29 is 14.7 Å². The number of nitrogens with zero attached hydrogens (tertiary/aromatic N) is 1. The molecule has 0 aromatic carbocycles. The van der Waals surface area contributed by atoms with Gasteiger partial charge >= 0.3 is 5.97 Å². The molecule has 0 aromatic heterocycles. The fourth-order valence-electron chi connectivity index (χ4n) is 2.38. The number of rotatable bonds is 2. The lowest BCUT2D eigenvalue weighted by molar-refractivity contribution is -0.154. The summed E-state index contributed by atoms with van der Waals surface area (Å²) < 4.78 is 0. The van der Waals surface area contributed by atoms with Crippen molar-refractivity contribution in [1.29, 1.82) is 0 Å². The van der Waals surface area contributed by atoms with Gasteiger partial charge in [-0.15, -0.1) is 0 Å². The van der Waals surface area contributed by atoms with Gasteiger partial charge < -0.3 is 10.4 Å². The molecule has 2 rings (SSSR count). The molecule has 2 aliphatic rings. The van der Waals surface area contributed by atoms with E-state index in [2.05, 4.69) is 5.32 Å². The van der Waals surface area contributed by atoms with E-state index in [9.17, 15) is 14.7 Å². The van der Waals surface area contributed by atoms with E-state index < -0.39 is 11.5 Å². The van der Waals surface area contributed by atoms with Gasteiger partial charge in [0, 0.05) is 13.1 Å². The number of carboxylic acid groups (broad SMARTS) is 1. The number of carbonyl (C=O) groups is 2. The zero-order valence-electron chi connectivity index (χ0n) is 9.07. The minimum Gasteiger partial charge on any atom is -0.480 e. The highest BCUT2D eigenvalue weighted by Crippen LogP contribution is 2.33. The molecule has 0 saturated carbocycles. The molecule has 1 amide bonds. The first-order chi connectivity index (χ1) is 7.65. The lowest BCUT2D eigenvalue weighted by atomic mass is 9.89. The summed E-state index contributed by atoms with van der Waals surface area (Å²) in [6.07, 6.45) is 1.28. The van der Waals surface area contributed by atoms with Crippen molar-refractivity contribution in [3.63, 3.8) is 0 Å². The number of piperazine rings is 1. The van der Waals surface area contributed by atoms with E-state index in [0.29, 0.717) is 25.9 Å². The topological polar surface area (TPSA) is 69.6 Å². The molecule has 2 fully saturated rings. The number of hydrogen-bond donors (Lipinski definition) is 2. The minimum atomic E-state index is -0.803. The van der Waals surface area contributed by atoms with Crippen molar-refractivity contribution in [2.45, 2.75) is 18.4 Å². The van der Waals surface area contributed by atoms with E-state index in [4.69, 9.17) is 0 Å². The molecule has 16 heavy (non-hydrogen) atoms. The second-order valence-corrected chi connectivity index (χ2v) is 5.45. The van der Waals surface area contributed by atoms with Crippen LogP contribution >= 0.6 is 11.8 Å². The third-order valence-electron chi connectivity index (χ3n) is 3.36. The molecular formula is C10H16N2O3S. The van der Waals surface area contributed by atoms with Crippen LogP contribution in [0.1, 0.15) is 12.8 Å². The maximum absolute atomic E-state index is 11.5. The summed E-state index contributed by atoms with van der Waals surface area (Å²) in [5.74, 6) is 0.891. The van der Waals surface area contributed by atoms with Gasteiger partial charge in [-0.2, -0.15) is 11.8 Å². The number of thioether (sulfide) groups is 1. The molecule has 2 saturated heterocycles. The van der Waals surface area contributed by atoms with Crippen molar-refractivity contribution in [2.75, 3.05) is 31.1 Å². The quantitative estimate of drug-likeness (QED) is 0.702. The molecule has 0 radical (unpaired) electrons. The minimum absolute atomic E-state index is 0.0647. The molecule has 0 bridgehead atoms. The number of hydrogen-bond acceptors (Lipinski definition) is 4. The number of carboxylic acids is 1. The van der Waals surface area contributed by atoms with Crippen molar-refractivity contribution in [3.8, 4) is 0 Å². The van der Waals surface area contributed by atoms with Crippen LogP contribution in [-0.4, -0.2) is 58.6 Å². The number of carbonyl (C=O) groups excluding carboxylic acids is 1. The van der Waals surface area contributed by atoms with Crippen LogP contribution < -0.4 is 5.32 Å². The summed E-state index contributed by atoms with van der Waals surface area (Å²) >= 11 is 1.79. The second kappa shape index (κ2) is 4.63. The zero-order valence-corrected chi connectivity index (χ0v) is 9.89. The number of aliphatic carboxylic acids is 1. The van der Waals surface area contributed by atoms with E-state index in [1.54, 1.807) is 11.8 Å². The number of amides is 1. The van der Waals surface area contributed by atoms with Gasteiger partial charge in [0.25, 0.3) is 0 Å². The summed E-state index contributed by atoms with van der Waals surface area (Å²) in [5.41, 5.74) is -0.803. The van der Waals surface area contributed by atoms with Crippen LogP contribution in [0.15, 0.2) is 0 Å². The SMILES string of the molecule is O=C1CN(C2(C(=O)O)CCSCC2)CCN1. The van der Waals surface area contributed by atoms with Gasteiger partial charge in [0.1, 0.15) is 5.54 Å². The zero-order chi connectivity index (χ0) is 11.6. The third kappa shape index (κ3) is 2.04. The summed E-state index contributed by atoms with van der Waals surface area (Å²) in [4.78, 5) is 24.7. The lowest BCUT2D eigenvalue weighted by Gasteiger charge is -2.44. The van der Waals surface area contributed by atoms with Crippen molar-refractivity contribution in [2.24, 2.45) is 0 Å². The summed E-state index contributed by atoms with van der Waals surface area (Å²) in [7, 11) is 0. The van der Waals surface area contributed by atoms with Crippen LogP contribution in [0, 0.1) is 0 Å². The molecule has 0 atom stereocenters. The summed E-state index contributed by atoms with van der Waals surface area (Å²) in [6, 6.07) is 0. The largest absolute Gasteiger partial charge is 0.480 e. The van der Waals surface area contributed by atoms with Gasteiger partial charge in [-0.05, 0) is 24.3 Å². The van der Waals surface area contributed by atoms with Crippen LogP contribution in [0.3, 0.4) is 0 Å². The van der Waals surface area contributed by atoms with E-state index in [1.807, 2.05) is 4.90 Å². The Hall–Kier alpha value is -0.750. The Kier molecular flexibility index (Phi) is 3.39. The van der Waals surface area contributed by atoms with Crippen LogP contribution in [0.2, 0.25) is 0 Å². The first-order valence-electron chi connectivity index (χ1n) is 5.48. The second-order valence-electron chi connectivity index (χ2n) is 4.22. The predicted molar refractivity (Wildman–Crippen MR) is 61.5 cm³/mol. The first kappa shape index (κ1) is 11.7. The van der Waals surface area contributed by atoms with Gasteiger partial charge in [0.2, 0.25) is 5.91 Å². The molecule has 0 unspecified atom stereocenters. The van der Waals surface area contributed by atoms with Crippen LogP contribution in [0.4, 0.5) is 0 Å².